The van der Waals surface area contributed by atoms with Crippen LogP contribution in [-0.4, -0.2) is 81.2 Å². The maximum Gasteiger partial charge on any atom is 0.416 e. The van der Waals surface area contributed by atoms with Crippen LogP contribution in [0.25, 0.3) is 11.4 Å². The number of carbonyl (C=O) groups excluding carboxylic acids is 2. The number of rotatable bonds is 8. The van der Waals surface area contributed by atoms with Gasteiger partial charge >= 0.3 is 6.18 Å². The summed E-state index contributed by atoms with van der Waals surface area (Å²) in [6.07, 6.45) is -1.84. The summed E-state index contributed by atoms with van der Waals surface area (Å²) in [5.74, 6) is -0.844. The Balaban J connectivity index is 0.000000175. The molecule has 0 spiro atoms. The van der Waals surface area contributed by atoms with Crippen molar-refractivity contribution in [2.45, 2.75) is 18.4 Å². The molecule has 4 aromatic carbocycles. The highest BCUT2D eigenvalue weighted by Crippen LogP contribution is 2.30. The number of hydrogen-bond acceptors (Lipinski definition) is 10. The molecule has 18 heteroatoms. The van der Waals surface area contributed by atoms with E-state index in [9.17, 15) is 22.8 Å². The third-order valence-corrected chi connectivity index (χ3v) is 9.06. The van der Waals surface area contributed by atoms with Crippen LogP contribution in [0.2, 0.25) is 5.02 Å². The average Bonchev–Trinajstić information content (AvgIpc) is 3.94. The molecule has 2 aromatic heterocycles. The number of nitrogens with zero attached hydrogens (tertiary/aromatic N) is 6. The molecule has 2 aliphatic rings. The summed E-state index contributed by atoms with van der Waals surface area (Å²) < 4.78 is 50.1. The maximum atomic E-state index is 12.9. The van der Waals surface area contributed by atoms with Gasteiger partial charge in [0.2, 0.25) is 0 Å². The molecule has 0 bridgehead atoms. The number of anilines is 2. The molecule has 0 aliphatic carbocycles. The van der Waals surface area contributed by atoms with Gasteiger partial charge in [-0.3, -0.25) is 9.59 Å². The summed E-state index contributed by atoms with van der Waals surface area (Å²) in [6.45, 7) is 4.56. The number of aromatic nitrogens is 6. The van der Waals surface area contributed by atoms with Crippen molar-refractivity contribution in [3.05, 3.63) is 143 Å². The first-order chi connectivity index (χ1) is 27.6. The third-order valence-electron chi connectivity index (χ3n) is 8.83. The summed E-state index contributed by atoms with van der Waals surface area (Å²) >= 11 is 5.98. The molecule has 294 valence electrons. The Morgan fingerprint density at radius 1 is 0.684 bits per heavy atom. The number of amides is 2. The van der Waals surface area contributed by atoms with E-state index in [2.05, 4.69) is 41.7 Å². The highest BCUT2D eigenvalue weighted by atomic mass is 35.5. The van der Waals surface area contributed by atoms with Gasteiger partial charge in [-0.2, -0.15) is 33.0 Å². The summed E-state index contributed by atoms with van der Waals surface area (Å²) in [5, 5.41) is 28.9. The predicted molar refractivity (Wildman–Crippen MR) is 205 cm³/mol. The Bertz CT molecular complexity index is 2290. The first kappa shape index (κ1) is 39.3. The van der Waals surface area contributed by atoms with Gasteiger partial charge in [-0.1, -0.05) is 48.0 Å². The molecule has 2 aliphatic heterocycles. The maximum absolute atomic E-state index is 12.9. The zero-order chi connectivity index (χ0) is 39.8. The van der Waals surface area contributed by atoms with Crippen molar-refractivity contribution in [1.29, 1.82) is 0 Å². The number of benzene rings is 4. The lowest BCUT2D eigenvalue weighted by atomic mass is 10.1. The molecule has 57 heavy (non-hydrogen) atoms. The Hall–Kier alpha value is -5.98. The summed E-state index contributed by atoms with van der Waals surface area (Å²) in [6, 6.07) is 26.5. The van der Waals surface area contributed by atoms with E-state index < -0.39 is 17.6 Å². The molecular formula is C39H36ClF3N10O4. The number of ether oxygens (including phenoxy) is 2. The number of hydrogen-bond donors (Lipinski definition) is 4. The molecule has 6 aromatic rings. The second-order valence-electron chi connectivity index (χ2n) is 12.8. The molecule has 14 nitrogen and oxygen atoms in total. The van der Waals surface area contributed by atoms with Gasteiger partial charge in [-0.05, 0) is 71.8 Å². The molecule has 0 unspecified atom stereocenters. The Kier molecular flexibility index (Phi) is 12.3. The number of halogens is 4. The van der Waals surface area contributed by atoms with Crippen molar-refractivity contribution in [2.24, 2.45) is 0 Å². The van der Waals surface area contributed by atoms with Gasteiger partial charge in [0.05, 0.1) is 54.8 Å². The van der Waals surface area contributed by atoms with Crippen molar-refractivity contribution >= 4 is 34.8 Å². The van der Waals surface area contributed by atoms with Crippen molar-refractivity contribution in [3.63, 3.8) is 0 Å². The number of nitrogens with one attached hydrogen (secondary N) is 4. The summed E-state index contributed by atoms with van der Waals surface area (Å²) in [7, 11) is 0. The van der Waals surface area contributed by atoms with Crippen LogP contribution in [0, 0.1) is 0 Å². The van der Waals surface area contributed by atoms with E-state index in [0.717, 1.165) is 54.2 Å². The molecule has 4 N–H and O–H groups in total. The van der Waals surface area contributed by atoms with Gasteiger partial charge in [0.25, 0.3) is 11.8 Å². The number of carbonyl (C=O) groups is 2. The quantitative estimate of drug-likeness (QED) is 0.143. The van der Waals surface area contributed by atoms with Crippen molar-refractivity contribution in [2.75, 3.05) is 50.0 Å². The first-order valence-electron chi connectivity index (χ1n) is 17.8. The lowest BCUT2D eigenvalue weighted by molar-refractivity contribution is -0.137. The number of alkyl halides is 3. The van der Waals surface area contributed by atoms with Gasteiger partial charge in [0, 0.05) is 42.6 Å². The highest BCUT2D eigenvalue weighted by Gasteiger charge is 2.31. The lowest BCUT2D eigenvalue weighted by Crippen LogP contribution is -2.33. The second-order valence-corrected chi connectivity index (χ2v) is 13.3. The molecule has 2 saturated heterocycles. The number of morpholine rings is 2. The zero-order valence-electron chi connectivity index (χ0n) is 30.1. The average molecular weight is 801 g/mol. The Morgan fingerprint density at radius 3 is 1.60 bits per heavy atom. The van der Waals surface area contributed by atoms with E-state index >= 15 is 0 Å². The highest BCUT2D eigenvalue weighted by molar-refractivity contribution is 6.30. The van der Waals surface area contributed by atoms with Gasteiger partial charge in [-0.25, -0.2) is 0 Å². The predicted octanol–water partition coefficient (Wildman–Crippen LogP) is 6.03. The molecule has 0 saturated carbocycles. The van der Waals surface area contributed by atoms with E-state index in [1.807, 2.05) is 42.5 Å². The summed E-state index contributed by atoms with van der Waals surface area (Å²) in [5.41, 5.74) is 3.49. The normalized spacial score (nSPS) is 16.9. The third kappa shape index (κ3) is 10.3. The molecule has 2 fully saturated rings. The fourth-order valence-electron chi connectivity index (χ4n) is 5.90. The first-order valence-corrected chi connectivity index (χ1v) is 18.2. The minimum atomic E-state index is -4.48. The molecular weight excluding hydrogens is 765 g/mol. The van der Waals surface area contributed by atoms with Crippen LogP contribution >= 0.6 is 11.6 Å². The van der Waals surface area contributed by atoms with Crippen molar-refractivity contribution in [3.8, 4) is 11.4 Å². The van der Waals surface area contributed by atoms with E-state index in [0.29, 0.717) is 35.3 Å². The topological polar surface area (TPSA) is 162 Å². The van der Waals surface area contributed by atoms with E-state index in [1.165, 1.54) is 29.3 Å². The molecule has 2 atom stereocenters. The van der Waals surface area contributed by atoms with E-state index in [-0.39, 0.29) is 35.2 Å². The van der Waals surface area contributed by atoms with Gasteiger partial charge in [0.15, 0.2) is 11.4 Å². The molecule has 8 rings (SSSR count). The van der Waals surface area contributed by atoms with E-state index in [1.54, 1.807) is 30.3 Å². The van der Waals surface area contributed by atoms with Gasteiger partial charge < -0.3 is 30.7 Å². The van der Waals surface area contributed by atoms with Crippen molar-refractivity contribution < 1.29 is 32.2 Å². The molecule has 0 radical (unpaired) electrons. The van der Waals surface area contributed by atoms with Crippen LogP contribution in [0.5, 0.6) is 0 Å². The monoisotopic (exact) mass is 800 g/mol. The van der Waals surface area contributed by atoms with Crippen LogP contribution in [0.1, 0.15) is 49.9 Å². The van der Waals surface area contributed by atoms with Crippen LogP contribution in [0.3, 0.4) is 0 Å². The minimum Gasteiger partial charge on any atom is -0.371 e. The fraction of sp³-hybridized carbons (Fsp3) is 0.231. The lowest BCUT2D eigenvalue weighted by Gasteiger charge is -2.24. The van der Waals surface area contributed by atoms with E-state index in [4.69, 9.17) is 21.1 Å². The SMILES string of the molecule is O=C(Nc1ccc([C@H]2CNCCO2)cc1)c1cnn(-c2cccc(C(F)(F)F)c2)n1.O=C(Nc1ccc([C@H]2CNCCO2)cc1)c1cnn(-c2cccc(Cl)c2)n1. The summed E-state index contributed by atoms with van der Waals surface area (Å²) in [4.78, 5) is 27.2. The second kappa shape index (κ2) is 17.9. The largest absolute Gasteiger partial charge is 0.416 e. The Labute approximate surface area is 329 Å². The van der Waals surface area contributed by atoms with Gasteiger partial charge in [0.1, 0.15) is 0 Å². The van der Waals surface area contributed by atoms with Crippen LogP contribution < -0.4 is 21.3 Å². The smallest absolute Gasteiger partial charge is 0.371 e. The standard InChI is InChI=1S/C20H18F3N5O2.C19H18ClN5O2/c21-20(22,23)14-2-1-3-16(10-14)28-25-11-17(27-28)19(29)26-15-6-4-13(5-7-15)18-12-24-8-9-30-18;20-14-2-1-3-16(10-14)25-22-11-17(24-25)19(26)23-15-6-4-13(5-7-15)18-12-21-8-9-27-18/h1-7,10-11,18,24H,8-9,12H2,(H,26,29);1-7,10-11,18,21H,8-9,12H2,(H,23,26)/t2*18-/m11/s1. The van der Waals surface area contributed by atoms with Crippen molar-refractivity contribution in [1.82, 2.24) is 40.6 Å². The van der Waals surface area contributed by atoms with Gasteiger partial charge in [-0.15, -0.1) is 10.2 Å². The van der Waals surface area contributed by atoms with Crippen LogP contribution in [-0.2, 0) is 15.7 Å². The molecule has 4 heterocycles. The zero-order valence-corrected chi connectivity index (χ0v) is 30.9. The van der Waals surface area contributed by atoms with Crippen LogP contribution in [0.15, 0.2) is 109 Å². The minimum absolute atomic E-state index is 0.0173. The fourth-order valence-corrected chi connectivity index (χ4v) is 6.09. The van der Waals surface area contributed by atoms with Crippen LogP contribution in [0.4, 0.5) is 24.5 Å². The molecule has 2 amide bonds. The Morgan fingerprint density at radius 2 is 1.16 bits per heavy atom.